The molecule has 2 heterocycles. The highest BCUT2D eigenvalue weighted by atomic mass is 16.5. The minimum Gasteiger partial charge on any atom is -0.396 e. The fourth-order valence-electron chi connectivity index (χ4n) is 3.42. The van der Waals surface area contributed by atoms with Gasteiger partial charge in [0.2, 0.25) is 0 Å². The van der Waals surface area contributed by atoms with Gasteiger partial charge in [0.25, 0.3) is 0 Å². The first-order valence-electron chi connectivity index (χ1n) is 9.49. The van der Waals surface area contributed by atoms with E-state index < -0.39 is 0 Å². The normalized spacial score (nSPS) is 15.1. The molecule has 0 atom stereocenters. The summed E-state index contributed by atoms with van der Waals surface area (Å²) in [5, 5.41) is 1.01. The largest absolute Gasteiger partial charge is 0.396 e. The van der Waals surface area contributed by atoms with Gasteiger partial charge < -0.3 is 26.8 Å². The summed E-state index contributed by atoms with van der Waals surface area (Å²) in [5.74, 6) is -0.0381. The molecule has 0 bridgehead atoms. The highest BCUT2D eigenvalue weighted by molar-refractivity contribution is 5.96. The van der Waals surface area contributed by atoms with Crippen molar-refractivity contribution in [3.63, 3.8) is 0 Å². The van der Waals surface area contributed by atoms with Gasteiger partial charge in [0.15, 0.2) is 5.96 Å². The van der Waals surface area contributed by atoms with E-state index in [2.05, 4.69) is 20.9 Å². The Hall–Kier alpha value is -3.58. The van der Waals surface area contributed by atoms with Gasteiger partial charge in [-0.3, -0.25) is 4.98 Å². The van der Waals surface area contributed by atoms with E-state index in [4.69, 9.17) is 21.9 Å². The third-order valence-electron chi connectivity index (χ3n) is 4.90. The van der Waals surface area contributed by atoms with Gasteiger partial charge >= 0.3 is 0 Å². The summed E-state index contributed by atoms with van der Waals surface area (Å²) in [4.78, 5) is 11.2. The molecule has 3 aromatic rings. The number of aliphatic imine (C=N–C) groups is 1. The van der Waals surface area contributed by atoms with E-state index in [1.807, 2.05) is 54.7 Å². The Labute approximate surface area is 169 Å². The topological polar surface area (TPSA) is 116 Å². The van der Waals surface area contributed by atoms with Crippen LogP contribution < -0.4 is 22.1 Å². The third kappa shape index (κ3) is 4.14. The van der Waals surface area contributed by atoms with Gasteiger partial charge in [0.05, 0.1) is 42.0 Å². The maximum atomic E-state index is 6.51. The Morgan fingerprint density at radius 3 is 2.41 bits per heavy atom. The number of aromatic nitrogens is 1. The number of nitrogens with zero attached hydrogens (tertiary/aromatic N) is 3. The molecule has 1 aromatic heterocycles. The molecule has 0 unspecified atom stereocenters. The first kappa shape index (κ1) is 18.8. The molecule has 0 amide bonds. The van der Waals surface area contributed by atoms with E-state index in [-0.39, 0.29) is 5.96 Å². The monoisotopic (exact) mass is 388 g/mol. The van der Waals surface area contributed by atoms with E-state index in [0.29, 0.717) is 11.4 Å². The van der Waals surface area contributed by atoms with Crippen molar-refractivity contribution in [1.29, 1.82) is 0 Å². The van der Waals surface area contributed by atoms with Crippen molar-refractivity contribution in [2.75, 3.05) is 31.2 Å². The Kier molecular flexibility index (Phi) is 5.31. The van der Waals surface area contributed by atoms with Crippen molar-refractivity contribution in [2.45, 2.75) is 0 Å². The first-order chi connectivity index (χ1) is 14.1. The van der Waals surface area contributed by atoms with Crippen LogP contribution in [0.2, 0.25) is 0 Å². The molecule has 0 saturated carbocycles. The van der Waals surface area contributed by atoms with E-state index in [9.17, 15) is 0 Å². The number of pyridine rings is 1. The minimum atomic E-state index is -0.0381. The number of fused-ring (bicyclic) bond motifs is 1. The highest BCUT2D eigenvalue weighted by Gasteiger charge is 2.13. The van der Waals surface area contributed by atoms with Crippen LogP contribution >= 0.6 is 0 Å². The molecule has 7 nitrogen and oxygen atoms in total. The lowest BCUT2D eigenvalue weighted by atomic mass is 10.0. The summed E-state index contributed by atoms with van der Waals surface area (Å²) in [6.45, 7) is 3.18. The zero-order chi connectivity index (χ0) is 20.2. The molecule has 7 heteroatoms. The molecular weight excluding hydrogens is 364 g/mol. The number of morpholine rings is 1. The Balaban J connectivity index is 1.78. The minimum absolute atomic E-state index is 0.0381. The van der Waals surface area contributed by atoms with Gasteiger partial charge in [-0.1, -0.05) is 36.4 Å². The van der Waals surface area contributed by atoms with E-state index in [1.165, 1.54) is 0 Å². The lowest BCUT2D eigenvalue weighted by Gasteiger charge is -2.28. The van der Waals surface area contributed by atoms with Gasteiger partial charge in [-0.05, 0) is 18.2 Å². The summed E-state index contributed by atoms with van der Waals surface area (Å²) >= 11 is 0. The average molecular weight is 388 g/mol. The molecule has 1 aliphatic heterocycles. The quantitative estimate of drug-likeness (QED) is 0.358. The molecule has 4 rings (SSSR count). The van der Waals surface area contributed by atoms with Gasteiger partial charge in [-0.25, -0.2) is 4.99 Å². The zero-order valence-corrected chi connectivity index (χ0v) is 16.1. The van der Waals surface area contributed by atoms with Gasteiger partial charge in [-0.2, -0.15) is 0 Å². The van der Waals surface area contributed by atoms with Gasteiger partial charge in [-0.15, -0.1) is 0 Å². The van der Waals surface area contributed by atoms with E-state index in [1.54, 1.807) is 0 Å². The predicted octanol–water partition coefficient (Wildman–Crippen LogP) is 2.13. The number of benzene rings is 2. The number of hydrogen-bond acceptors (Lipinski definition) is 5. The number of anilines is 1. The third-order valence-corrected chi connectivity index (χ3v) is 4.90. The number of nitrogens with two attached hydrogens (primary N) is 3. The van der Waals surface area contributed by atoms with Crippen LogP contribution in [0.4, 0.5) is 5.69 Å². The smallest absolute Gasteiger partial charge is 0.191 e. The second-order valence-electron chi connectivity index (χ2n) is 6.87. The molecule has 1 aliphatic rings. The number of rotatable bonds is 4. The van der Waals surface area contributed by atoms with Crippen molar-refractivity contribution in [2.24, 2.45) is 22.2 Å². The van der Waals surface area contributed by atoms with Crippen LogP contribution in [0.3, 0.4) is 0 Å². The maximum Gasteiger partial charge on any atom is 0.191 e. The molecule has 1 saturated heterocycles. The van der Waals surface area contributed by atoms with Crippen LogP contribution in [-0.2, 0) is 4.74 Å². The standard InChI is InChI=1S/C22H24N6O/c23-20(21(27-22(24)25)15-4-2-1-3-5-15)16-6-7-19-17(12-16)13-18(14-26-19)28-8-10-29-11-9-28/h1-7,12-14H,8-11,23H2,(H4,24,25,27)/b21-20-. The van der Waals surface area contributed by atoms with Gasteiger partial charge in [0.1, 0.15) is 0 Å². The molecule has 1 fully saturated rings. The Bertz CT molecular complexity index is 1070. The van der Waals surface area contributed by atoms with Crippen LogP contribution in [0.25, 0.3) is 22.3 Å². The van der Waals surface area contributed by atoms with Crippen LogP contribution in [0.1, 0.15) is 11.1 Å². The van der Waals surface area contributed by atoms with Crippen molar-refractivity contribution < 1.29 is 4.74 Å². The van der Waals surface area contributed by atoms with Crippen molar-refractivity contribution in [3.05, 3.63) is 71.9 Å². The van der Waals surface area contributed by atoms with E-state index in [0.717, 1.165) is 54.0 Å². The van der Waals surface area contributed by atoms with Crippen LogP contribution in [0, 0.1) is 0 Å². The van der Waals surface area contributed by atoms with Crippen LogP contribution in [0.15, 0.2) is 65.8 Å². The van der Waals surface area contributed by atoms with Gasteiger partial charge in [0, 0.05) is 29.6 Å². The number of hydrogen-bond donors (Lipinski definition) is 3. The summed E-state index contributed by atoms with van der Waals surface area (Å²) in [7, 11) is 0. The molecule has 2 aromatic carbocycles. The summed E-state index contributed by atoms with van der Waals surface area (Å²) in [6.07, 6.45) is 1.90. The molecule has 148 valence electrons. The lowest BCUT2D eigenvalue weighted by Crippen LogP contribution is -2.36. The molecule has 0 aliphatic carbocycles. The Morgan fingerprint density at radius 1 is 0.931 bits per heavy atom. The second kappa shape index (κ2) is 8.20. The second-order valence-corrected chi connectivity index (χ2v) is 6.87. The van der Waals surface area contributed by atoms with Crippen molar-refractivity contribution >= 4 is 33.9 Å². The Morgan fingerprint density at radius 2 is 1.69 bits per heavy atom. The summed E-state index contributed by atoms with van der Waals surface area (Å²) in [5.41, 5.74) is 22.5. The van der Waals surface area contributed by atoms with Crippen molar-refractivity contribution in [1.82, 2.24) is 4.98 Å². The fourth-order valence-corrected chi connectivity index (χ4v) is 3.42. The summed E-state index contributed by atoms with van der Waals surface area (Å²) in [6, 6.07) is 17.7. The van der Waals surface area contributed by atoms with Crippen LogP contribution in [-0.4, -0.2) is 37.2 Å². The van der Waals surface area contributed by atoms with Crippen molar-refractivity contribution in [3.8, 4) is 0 Å². The molecular formula is C22H24N6O. The maximum absolute atomic E-state index is 6.51. The SMILES string of the molecule is NC(N)=N/C(=C(\N)c1ccc2ncc(N3CCOCC3)cc2c1)c1ccccc1. The molecule has 0 spiro atoms. The predicted molar refractivity (Wildman–Crippen MR) is 118 cm³/mol. The average Bonchev–Trinajstić information content (AvgIpc) is 2.77. The molecule has 0 radical (unpaired) electrons. The fraction of sp³-hybridized carbons (Fsp3) is 0.182. The highest BCUT2D eigenvalue weighted by Crippen LogP contribution is 2.27. The summed E-state index contributed by atoms with van der Waals surface area (Å²) < 4.78 is 5.44. The molecule has 6 N–H and O–H groups in total. The zero-order valence-electron chi connectivity index (χ0n) is 16.1. The molecule has 29 heavy (non-hydrogen) atoms. The van der Waals surface area contributed by atoms with Crippen LogP contribution in [0.5, 0.6) is 0 Å². The van der Waals surface area contributed by atoms with E-state index >= 15 is 0 Å². The first-order valence-corrected chi connectivity index (χ1v) is 9.49. The number of ether oxygens (including phenoxy) is 1. The number of guanidine groups is 1. The lowest BCUT2D eigenvalue weighted by molar-refractivity contribution is 0.122.